The van der Waals surface area contributed by atoms with Gasteiger partial charge in [0.1, 0.15) is 6.07 Å². The molecule has 0 radical (unpaired) electrons. The Morgan fingerprint density at radius 3 is 3.07 bits per heavy atom. The Hall–Kier alpha value is -1.11. The molecule has 74 valence electrons. The van der Waals surface area contributed by atoms with E-state index in [0.29, 0.717) is 5.92 Å². The van der Waals surface area contributed by atoms with Gasteiger partial charge in [-0.15, -0.1) is 12.4 Å². The SMILES string of the molecule is Cl.N#Cc1cnccc1C1CCNC1. The minimum Gasteiger partial charge on any atom is -0.316 e. The van der Waals surface area contributed by atoms with E-state index in [0.717, 1.165) is 30.6 Å². The summed E-state index contributed by atoms with van der Waals surface area (Å²) in [6.07, 6.45) is 4.53. The second-order valence-electron chi connectivity index (χ2n) is 3.26. The number of halogens is 1. The minimum absolute atomic E-state index is 0. The summed E-state index contributed by atoms with van der Waals surface area (Å²) >= 11 is 0. The number of nitrogens with zero attached hydrogens (tertiary/aromatic N) is 2. The topological polar surface area (TPSA) is 48.7 Å². The van der Waals surface area contributed by atoms with E-state index >= 15 is 0 Å². The van der Waals surface area contributed by atoms with Gasteiger partial charge in [-0.3, -0.25) is 4.98 Å². The van der Waals surface area contributed by atoms with Gasteiger partial charge >= 0.3 is 0 Å². The first-order valence-electron chi connectivity index (χ1n) is 4.46. The normalized spacial score (nSPS) is 19.8. The smallest absolute Gasteiger partial charge is 0.101 e. The highest BCUT2D eigenvalue weighted by atomic mass is 35.5. The van der Waals surface area contributed by atoms with Crippen molar-refractivity contribution in [1.29, 1.82) is 5.26 Å². The molecule has 1 aromatic heterocycles. The molecular formula is C10H12ClN3. The standard InChI is InChI=1S/C10H11N3.ClH/c11-5-9-7-13-4-2-10(9)8-1-3-12-6-8;/h2,4,7-8,12H,1,3,6H2;1H. The van der Waals surface area contributed by atoms with Crippen LogP contribution in [0.5, 0.6) is 0 Å². The number of rotatable bonds is 1. The Morgan fingerprint density at radius 2 is 2.43 bits per heavy atom. The molecule has 1 aliphatic rings. The molecule has 1 saturated heterocycles. The summed E-state index contributed by atoms with van der Waals surface area (Å²) in [5, 5.41) is 12.2. The Bertz CT molecular complexity index is 339. The fourth-order valence-corrected chi connectivity index (χ4v) is 1.77. The van der Waals surface area contributed by atoms with Gasteiger partial charge < -0.3 is 5.32 Å². The fraction of sp³-hybridized carbons (Fsp3) is 0.400. The molecule has 0 bridgehead atoms. The summed E-state index contributed by atoms with van der Waals surface area (Å²) in [7, 11) is 0. The van der Waals surface area contributed by atoms with Crippen LogP contribution in [-0.2, 0) is 0 Å². The number of nitriles is 1. The zero-order valence-electron chi connectivity index (χ0n) is 7.73. The van der Waals surface area contributed by atoms with Crippen LogP contribution in [-0.4, -0.2) is 18.1 Å². The maximum Gasteiger partial charge on any atom is 0.101 e. The first kappa shape index (κ1) is 11.0. The predicted molar refractivity (Wildman–Crippen MR) is 56.4 cm³/mol. The van der Waals surface area contributed by atoms with Crippen LogP contribution in [0.2, 0.25) is 0 Å². The van der Waals surface area contributed by atoms with Gasteiger partial charge in [0.25, 0.3) is 0 Å². The Balaban J connectivity index is 0.000000980. The summed E-state index contributed by atoms with van der Waals surface area (Å²) < 4.78 is 0. The van der Waals surface area contributed by atoms with Gasteiger partial charge in [-0.25, -0.2) is 0 Å². The van der Waals surface area contributed by atoms with E-state index in [1.165, 1.54) is 0 Å². The minimum atomic E-state index is 0. The van der Waals surface area contributed by atoms with Crippen molar-refractivity contribution in [2.24, 2.45) is 0 Å². The zero-order chi connectivity index (χ0) is 9.10. The maximum absolute atomic E-state index is 8.87. The van der Waals surface area contributed by atoms with Crippen LogP contribution >= 0.6 is 12.4 Å². The van der Waals surface area contributed by atoms with Gasteiger partial charge in [-0.1, -0.05) is 0 Å². The highest BCUT2D eigenvalue weighted by molar-refractivity contribution is 5.85. The van der Waals surface area contributed by atoms with Crippen molar-refractivity contribution in [3.05, 3.63) is 29.6 Å². The quantitative estimate of drug-likeness (QED) is 0.762. The van der Waals surface area contributed by atoms with Crippen LogP contribution in [0.15, 0.2) is 18.5 Å². The van der Waals surface area contributed by atoms with Gasteiger partial charge in [0.2, 0.25) is 0 Å². The van der Waals surface area contributed by atoms with E-state index in [9.17, 15) is 0 Å². The first-order valence-corrected chi connectivity index (χ1v) is 4.46. The van der Waals surface area contributed by atoms with Gasteiger partial charge in [0.15, 0.2) is 0 Å². The second kappa shape index (κ2) is 4.94. The van der Waals surface area contributed by atoms with Crippen LogP contribution in [0.4, 0.5) is 0 Å². The molecule has 1 fully saturated rings. The van der Waals surface area contributed by atoms with Gasteiger partial charge in [0.05, 0.1) is 5.56 Å². The van der Waals surface area contributed by atoms with Gasteiger partial charge in [0, 0.05) is 18.9 Å². The summed E-state index contributed by atoms with van der Waals surface area (Å²) in [5.41, 5.74) is 1.86. The largest absolute Gasteiger partial charge is 0.316 e. The van der Waals surface area contributed by atoms with Crippen molar-refractivity contribution in [2.75, 3.05) is 13.1 Å². The number of hydrogen-bond donors (Lipinski definition) is 1. The molecule has 2 heterocycles. The molecule has 3 nitrogen and oxygen atoms in total. The van der Waals surface area contributed by atoms with Crippen LogP contribution in [0.1, 0.15) is 23.5 Å². The lowest BCUT2D eigenvalue weighted by Gasteiger charge is -2.09. The van der Waals surface area contributed by atoms with Crippen LogP contribution < -0.4 is 5.32 Å². The van der Waals surface area contributed by atoms with E-state index in [-0.39, 0.29) is 12.4 Å². The molecule has 0 spiro atoms. The third kappa shape index (κ3) is 2.03. The van der Waals surface area contributed by atoms with Crippen LogP contribution in [0.3, 0.4) is 0 Å². The highest BCUT2D eigenvalue weighted by Crippen LogP contribution is 2.24. The molecular weight excluding hydrogens is 198 g/mol. The van der Waals surface area contributed by atoms with Gasteiger partial charge in [-0.05, 0) is 30.5 Å². The van der Waals surface area contributed by atoms with Crippen LogP contribution in [0, 0.1) is 11.3 Å². The van der Waals surface area contributed by atoms with Crippen molar-refractivity contribution >= 4 is 12.4 Å². The Labute approximate surface area is 89.6 Å². The summed E-state index contributed by atoms with van der Waals surface area (Å²) in [5.74, 6) is 0.498. The molecule has 4 heteroatoms. The van der Waals surface area contributed by atoms with E-state index in [1.54, 1.807) is 12.4 Å². The average Bonchev–Trinajstić information content (AvgIpc) is 2.70. The van der Waals surface area contributed by atoms with Crippen molar-refractivity contribution in [1.82, 2.24) is 10.3 Å². The Kier molecular flexibility index (Phi) is 3.87. The monoisotopic (exact) mass is 209 g/mol. The molecule has 1 unspecified atom stereocenters. The lowest BCUT2D eigenvalue weighted by atomic mass is 9.96. The molecule has 0 saturated carbocycles. The molecule has 1 aliphatic heterocycles. The van der Waals surface area contributed by atoms with Crippen molar-refractivity contribution < 1.29 is 0 Å². The summed E-state index contributed by atoms with van der Waals surface area (Å²) in [4.78, 5) is 3.94. The predicted octanol–water partition coefficient (Wildman–Crippen LogP) is 1.45. The molecule has 0 amide bonds. The first-order chi connectivity index (χ1) is 6.42. The number of pyridine rings is 1. The van der Waals surface area contributed by atoms with Gasteiger partial charge in [-0.2, -0.15) is 5.26 Å². The molecule has 1 N–H and O–H groups in total. The lowest BCUT2D eigenvalue weighted by molar-refractivity contribution is 0.759. The Morgan fingerprint density at radius 1 is 1.57 bits per heavy atom. The van der Waals surface area contributed by atoms with Crippen LogP contribution in [0.25, 0.3) is 0 Å². The fourth-order valence-electron chi connectivity index (χ4n) is 1.77. The van der Waals surface area contributed by atoms with E-state index < -0.39 is 0 Å². The lowest BCUT2D eigenvalue weighted by Crippen LogP contribution is -2.08. The van der Waals surface area contributed by atoms with E-state index in [1.807, 2.05) is 6.07 Å². The zero-order valence-corrected chi connectivity index (χ0v) is 8.55. The maximum atomic E-state index is 8.87. The molecule has 0 aromatic carbocycles. The second-order valence-corrected chi connectivity index (χ2v) is 3.26. The van der Waals surface area contributed by atoms with E-state index in [2.05, 4.69) is 16.4 Å². The summed E-state index contributed by atoms with van der Waals surface area (Å²) in [6, 6.07) is 4.14. The number of nitrogens with one attached hydrogen (secondary N) is 1. The van der Waals surface area contributed by atoms with E-state index in [4.69, 9.17) is 5.26 Å². The highest BCUT2D eigenvalue weighted by Gasteiger charge is 2.18. The summed E-state index contributed by atoms with van der Waals surface area (Å²) in [6.45, 7) is 2.04. The van der Waals surface area contributed by atoms with Crippen molar-refractivity contribution in [3.8, 4) is 6.07 Å². The molecule has 14 heavy (non-hydrogen) atoms. The third-order valence-corrected chi connectivity index (χ3v) is 2.48. The third-order valence-electron chi connectivity index (χ3n) is 2.48. The van der Waals surface area contributed by atoms with Crippen molar-refractivity contribution in [2.45, 2.75) is 12.3 Å². The molecule has 2 rings (SSSR count). The number of aromatic nitrogens is 1. The average molecular weight is 210 g/mol. The molecule has 1 aromatic rings. The molecule has 0 aliphatic carbocycles. The van der Waals surface area contributed by atoms with Crippen molar-refractivity contribution in [3.63, 3.8) is 0 Å². The molecule has 1 atom stereocenters. The number of hydrogen-bond acceptors (Lipinski definition) is 3.